The summed E-state index contributed by atoms with van der Waals surface area (Å²) in [5, 5.41) is 5.51. The van der Waals surface area contributed by atoms with Crippen molar-refractivity contribution in [1.29, 1.82) is 0 Å². The second kappa shape index (κ2) is 6.31. The molecule has 1 amide bonds. The van der Waals surface area contributed by atoms with Crippen molar-refractivity contribution < 1.29 is 4.79 Å². The molecule has 1 aromatic heterocycles. The van der Waals surface area contributed by atoms with Gasteiger partial charge in [-0.1, -0.05) is 52.3 Å². The first kappa shape index (κ1) is 17.2. The summed E-state index contributed by atoms with van der Waals surface area (Å²) in [6, 6.07) is 17.7. The van der Waals surface area contributed by atoms with Gasteiger partial charge in [0.1, 0.15) is 5.56 Å². The second-order valence-corrected chi connectivity index (χ2v) is 8.19. The van der Waals surface area contributed by atoms with E-state index in [4.69, 9.17) is 0 Å². The van der Waals surface area contributed by atoms with Crippen LogP contribution in [0, 0.1) is 0 Å². The van der Waals surface area contributed by atoms with Crippen LogP contribution in [-0.2, 0) is 6.42 Å². The highest BCUT2D eigenvalue weighted by Crippen LogP contribution is 2.33. The Labute approximate surface area is 169 Å². The molecule has 1 aliphatic heterocycles. The molecule has 0 unspecified atom stereocenters. The molecule has 1 atom stereocenters. The largest absolute Gasteiger partial charge is 0.343 e. The van der Waals surface area contributed by atoms with E-state index in [1.54, 1.807) is 6.20 Å². The number of hydrogen-bond acceptors (Lipinski definition) is 2. The van der Waals surface area contributed by atoms with Gasteiger partial charge in [0.2, 0.25) is 5.43 Å². The number of amides is 1. The van der Waals surface area contributed by atoms with Gasteiger partial charge in [-0.2, -0.15) is 0 Å². The maximum Gasteiger partial charge on any atom is 0.261 e. The number of aromatic nitrogens is 1. The van der Waals surface area contributed by atoms with Crippen LogP contribution in [0.15, 0.2) is 70.1 Å². The van der Waals surface area contributed by atoms with Crippen LogP contribution in [0.1, 0.15) is 28.9 Å². The molecule has 4 aromatic rings. The van der Waals surface area contributed by atoms with Crippen LogP contribution in [-0.4, -0.2) is 10.5 Å². The summed E-state index contributed by atoms with van der Waals surface area (Å²) in [6.07, 6.45) is 2.56. The standard InChI is InChI=1S/C23H17BrN2O2/c1-13-9-15-10-16(24)11-18-21(15)26(13)12-19(22(18)27)23(28)25-20-8-4-6-14-5-2-3-7-17(14)20/h2-8,10-13H,9H2,1H3,(H,25,28)/t13-/m0/s1. The SMILES string of the molecule is C[C@H]1Cc2cc(Br)cc3c(=O)c(C(=O)Nc4cccc5ccccc45)cn1c23. The summed E-state index contributed by atoms with van der Waals surface area (Å²) in [6.45, 7) is 2.10. The van der Waals surface area contributed by atoms with Gasteiger partial charge in [0.25, 0.3) is 5.91 Å². The molecule has 4 nitrogen and oxygen atoms in total. The summed E-state index contributed by atoms with van der Waals surface area (Å²) < 4.78 is 2.91. The molecule has 138 valence electrons. The summed E-state index contributed by atoms with van der Waals surface area (Å²) >= 11 is 3.50. The van der Waals surface area contributed by atoms with Gasteiger partial charge in [-0.25, -0.2) is 0 Å². The molecule has 0 bridgehead atoms. The van der Waals surface area contributed by atoms with Crippen molar-refractivity contribution in [3.63, 3.8) is 0 Å². The molecule has 2 heterocycles. The molecule has 28 heavy (non-hydrogen) atoms. The fourth-order valence-electron chi connectivity index (χ4n) is 4.15. The van der Waals surface area contributed by atoms with Gasteiger partial charge in [-0.15, -0.1) is 0 Å². The van der Waals surface area contributed by atoms with Gasteiger partial charge in [0, 0.05) is 33.2 Å². The van der Waals surface area contributed by atoms with Crippen molar-refractivity contribution in [2.24, 2.45) is 0 Å². The number of anilines is 1. The van der Waals surface area contributed by atoms with Crippen LogP contribution in [0.25, 0.3) is 21.7 Å². The van der Waals surface area contributed by atoms with Crippen LogP contribution in [0.3, 0.4) is 0 Å². The van der Waals surface area contributed by atoms with Gasteiger partial charge in [0.05, 0.1) is 5.52 Å². The van der Waals surface area contributed by atoms with Crippen LogP contribution in [0.5, 0.6) is 0 Å². The average molecular weight is 433 g/mol. The van der Waals surface area contributed by atoms with Crippen LogP contribution in [0.2, 0.25) is 0 Å². The van der Waals surface area contributed by atoms with Crippen molar-refractivity contribution in [2.75, 3.05) is 5.32 Å². The third kappa shape index (κ3) is 2.58. The lowest BCUT2D eigenvalue weighted by atomic mass is 10.1. The molecule has 0 saturated heterocycles. The Morgan fingerprint density at radius 1 is 1.11 bits per heavy atom. The van der Waals surface area contributed by atoms with Crippen LogP contribution < -0.4 is 10.7 Å². The number of pyridine rings is 1. The first-order valence-corrected chi connectivity index (χ1v) is 9.98. The van der Waals surface area contributed by atoms with Gasteiger partial charge in [-0.05, 0) is 42.5 Å². The van der Waals surface area contributed by atoms with E-state index in [0.717, 1.165) is 32.7 Å². The lowest BCUT2D eigenvalue weighted by Crippen LogP contribution is -2.24. The number of carbonyl (C=O) groups excluding carboxylic acids is 1. The number of halogens is 1. The van der Waals surface area contributed by atoms with Crippen molar-refractivity contribution in [3.05, 3.63) is 86.6 Å². The van der Waals surface area contributed by atoms with E-state index in [1.165, 1.54) is 0 Å². The number of rotatable bonds is 2. The Bertz CT molecular complexity index is 1330. The van der Waals surface area contributed by atoms with Crippen molar-refractivity contribution in [2.45, 2.75) is 19.4 Å². The molecule has 5 rings (SSSR count). The minimum Gasteiger partial charge on any atom is -0.343 e. The molecule has 1 N–H and O–H groups in total. The minimum atomic E-state index is -0.382. The number of carbonyl (C=O) groups is 1. The molecule has 0 aliphatic carbocycles. The Morgan fingerprint density at radius 2 is 1.89 bits per heavy atom. The second-order valence-electron chi connectivity index (χ2n) is 7.27. The molecule has 5 heteroatoms. The Balaban J connectivity index is 1.65. The minimum absolute atomic E-state index is 0.165. The highest BCUT2D eigenvalue weighted by molar-refractivity contribution is 9.10. The quantitative estimate of drug-likeness (QED) is 0.467. The van der Waals surface area contributed by atoms with Crippen molar-refractivity contribution in [1.82, 2.24) is 4.57 Å². The summed E-state index contributed by atoms with van der Waals surface area (Å²) in [4.78, 5) is 26.2. The first-order valence-electron chi connectivity index (χ1n) is 9.19. The molecule has 1 aliphatic rings. The first-order chi connectivity index (χ1) is 13.5. The number of fused-ring (bicyclic) bond motifs is 1. The zero-order chi connectivity index (χ0) is 19.4. The predicted molar refractivity (Wildman–Crippen MR) is 116 cm³/mol. The van der Waals surface area contributed by atoms with E-state index in [2.05, 4.69) is 38.8 Å². The fourth-order valence-corrected chi connectivity index (χ4v) is 4.65. The zero-order valence-electron chi connectivity index (χ0n) is 15.2. The highest BCUT2D eigenvalue weighted by Gasteiger charge is 2.25. The average Bonchev–Trinajstić information content (AvgIpc) is 2.99. The van der Waals surface area contributed by atoms with Crippen LogP contribution >= 0.6 is 15.9 Å². The molecule has 0 spiro atoms. The van der Waals surface area contributed by atoms with E-state index < -0.39 is 0 Å². The summed E-state index contributed by atoms with van der Waals surface area (Å²) in [7, 11) is 0. The van der Waals surface area contributed by atoms with E-state index in [9.17, 15) is 9.59 Å². The van der Waals surface area contributed by atoms with E-state index in [1.807, 2.05) is 48.5 Å². The number of nitrogens with zero attached hydrogens (tertiary/aromatic N) is 1. The Hall–Kier alpha value is -2.92. The highest BCUT2D eigenvalue weighted by atomic mass is 79.9. The van der Waals surface area contributed by atoms with Crippen molar-refractivity contribution in [3.8, 4) is 0 Å². The molecule has 0 saturated carbocycles. The molecular formula is C23H17BrN2O2. The third-order valence-corrected chi connectivity index (χ3v) is 5.90. The molecular weight excluding hydrogens is 416 g/mol. The number of hydrogen-bond donors (Lipinski definition) is 1. The Morgan fingerprint density at radius 3 is 2.75 bits per heavy atom. The topological polar surface area (TPSA) is 51.1 Å². The predicted octanol–water partition coefficient (Wildman–Crippen LogP) is 5.29. The van der Waals surface area contributed by atoms with E-state index in [-0.39, 0.29) is 22.9 Å². The van der Waals surface area contributed by atoms with Crippen molar-refractivity contribution >= 4 is 49.2 Å². The normalized spacial score (nSPS) is 15.3. The lowest BCUT2D eigenvalue weighted by molar-refractivity contribution is 0.102. The van der Waals surface area contributed by atoms with E-state index in [0.29, 0.717) is 11.1 Å². The Kier molecular flexibility index (Phi) is 3.88. The molecule has 0 radical (unpaired) electrons. The van der Waals surface area contributed by atoms with Gasteiger partial charge < -0.3 is 9.88 Å². The summed E-state index contributed by atoms with van der Waals surface area (Å²) in [5.41, 5.74) is 2.70. The monoisotopic (exact) mass is 432 g/mol. The lowest BCUT2D eigenvalue weighted by Gasteiger charge is -2.13. The van der Waals surface area contributed by atoms with Gasteiger partial charge >= 0.3 is 0 Å². The molecule has 3 aromatic carbocycles. The maximum atomic E-state index is 13.1. The third-order valence-electron chi connectivity index (χ3n) is 5.44. The smallest absolute Gasteiger partial charge is 0.261 e. The summed E-state index contributed by atoms with van der Waals surface area (Å²) in [5.74, 6) is -0.382. The van der Waals surface area contributed by atoms with E-state index >= 15 is 0 Å². The molecule has 0 fully saturated rings. The zero-order valence-corrected chi connectivity index (χ0v) is 16.8. The fraction of sp³-hybridized carbons (Fsp3) is 0.130. The number of benzene rings is 3. The van der Waals surface area contributed by atoms with Gasteiger partial charge in [0.15, 0.2) is 0 Å². The number of nitrogens with one attached hydrogen (secondary N) is 1. The van der Waals surface area contributed by atoms with Crippen LogP contribution in [0.4, 0.5) is 5.69 Å². The maximum absolute atomic E-state index is 13.1. The van der Waals surface area contributed by atoms with Gasteiger partial charge in [-0.3, -0.25) is 9.59 Å².